The Balaban J connectivity index is 4.66. The Morgan fingerprint density at radius 3 is 1.61 bits per heavy atom. The Bertz CT molecular complexity index is 510. The third-order valence-electron chi connectivity index (χ3n) is 3.37. The number of ether oxygens (including phenoxy) is 3. The number of esters is 1. The van der Waals surface area contributed by atoms with Gasteiger partial charge >= 0.3 is 14.8 Å². The molecule has 0 aromatic rings. The third-order valence-corrected chi connectivity index (χ3v) is 15.4. The maximum absolute atomic E-state index is 11.5. The topological polar surface area (TPSA) is 72.5 Å². The Morgan fingerprint density at radius 2 is 1.19 bits per heavy atom. The molecule has 0 heterocycles. The molecule has 0 aromatic heterocycles. The average molecular weight is 511 g/mol. The lowest BCUT2D eigenvalue weighted by Crippen LogP contribution is -2.60. The number of rotatable bonds is 17. The van der Waals surface area contributed by atoms with Gasteiger partial charge in [0.25, 0.3) is 0 Å². The van der Waals surface area contributed by atoms with E-state index in [1.54, 1.807) is 6.92 Å². The van der Waals surface area contributed by atoms with E-state index in [4.69, 9.17) is 26.6 Å². The normalized spacial score (nSPS) is 13.4. The molecule has 184 valence electrons. The summed E-state index contributed by atoms with van der Waals surface area (Å²) < 4.78 is 36.0. The zero-order chi connectivity index (χ0) is 24.3. The van der Waals surface area contributed by atoms with Crippen LogP contribution < -0.4 is 0 Å². The van der Waals surface area contributed by atoms with Crippen LogP contribution in [0.4, 0.5) is 0 Å². The first kappa shape index (κ1) is 30.9. The minimum Gasteiger partial charge on any atom is -0.463 e. The van der Waals surface area contributed by atoms with Gasteiger partial charge in [0.05, 0.1) is 32.0 Å². The van der Waals surface area contributed by atoms with E-state index in [1.807, 2.05) is 0 Å². The van der Waals surface area contributed by atoms with Gasteiger partial charge in [-0.15, -0.1) is 0 Å². The van der Waals surface area contributed by atoms with Crippen molar-refractivity contribution in [2.24, 2.45) is 0 Å². The summed E-state index contributed by atoms with van der Waals surface area (Å²) in [5, 5.41) is 0. The minimum absolute atomic E-state index is 0.149. The number of hydrogen-bond donors (Lipinski definition) is 0. The molecule has 0 saturated heterocycles. The highest BCUT2D eigenvalue weighted by Gasteiger charge is 2.49. The van der Waals surface area contributed by atoms with Crippen LogP contribution in [0.3, 0.4) is 0 Å². The summed E-state index contributed by atoms with van der Waals surface area (Å²) >= 11 is 0. The van der Waals surface area contributed by atoms with Crippen molar-refractivity contribution in [3.63, 3.8) is 0 Å². The van der Waals surface area contributed by atoms with E-state index in [-0.39, 0.29) is 6.61 Å². The molecular formula is C20H46O7Si4. The second-order valence-corrected chi connectivity index (χ2v) is 27.4. The number of carbonyl (C=O) groups excluding carboxylic acids is 1. The van der Waals surface area contributed by atoms with E-state index in [0.29, 0.717) is 32.0 Å². The van der Waals surface area contributed by atoms with E-state index < -0.39 is 39.7 Å². The van der Waals surface area contributed by atoms with Crippen molar-refractivity contribution in [1.29, 1.82) is 0 Å². The number of carbonyl (C=O) groups is 1. The second kappa shape index (κ2) is 13.6. The van der Waals surface area contributed by atoms with Crippen LogP contribution in [-0.2, 0) is 31.4 Å². The van der Waals surface area contributed by atoms with Gasteiger partial charge in [-0.05, 0) is 72.3 Å². The molecule has 0 unspecified atom stereocenters. The summed E-state index contributed by atoms with van der Waals surface area (Å²) in [6.45, 7) is 27.0. The Kier molecular flexibility index (Phi) is 13.5. The first-order chi connectivity index (χ1) is 14.0. The molecule has 0 fully saturated rings. The molecule has 0 aromatic carbocycles. The molecule has 0 saturated carbocycles. The highest BCUT2D eigenvalue weighted by Crippen LogP contribution is 2.29. The SMILES string of the molecule is C=C(COCCOCCC[Si](O[Si](C)(C)C)(O[Si](C)(C)C)O[Si](C)(C)C)C(=O)OCC. The van der Waals surface area contributed by atoms with Crippen molar-refractivity contribution in [3.05, 3.63) is 12.2 Å². The molecule has 0 rings (SSSR count). The molecule has 31 heavy (non-hydrogen) atoms. The summed E-state index contributed by atoms with van der Waals surface area (Å²) in [5.74, 6) is -0.420. The lowest BCUT2D eigenvalue weighted by atomic mass is 10.3. The van der Waals surface area contributed by atoms with Gasteiger partial charge in [-0.2, -0.15) is 0 Å². The molecule has 7 nitrogen and oxygen atoms in total. The molecular weight excluding hydrogens is 465 g/mol. The van der Waals surface area contributed by atoms with E-state index in [0.717, 1.165) is 12.5 Å². The number of hydrogen-bond acceptors (Lipinski definition) is 7. The first-order valence-corrected chi connectivity index (χ1v) is 23.3. The zero-order valence-electron chi connectivity index (χ0n) is 21.5. The van der Waals surface area contributed by atoms with E-state index in [2.05, 4.69) is 65.5 Å². The molecule has 0 N–H and O–H groups in total. The molecule has 0 spiro atoms. The van der Waals surface area contributed by atoms with Crippen molar-refractivity contribution < 1.29 is 31.4 Å². The first-order valence-electron chi connectivity index (χ1n) is 11.1. The predicted molar refractivity (Wildman–Crippen MR) is 136 cm³/mol. The largest absolute Gasteiger partial charge is 0.469 e. The van der Waals surface area contributed by atoms with Crippen LogP contribution in [0.25, 0.3) is 0 Å². The van der Waals surface area contributed by atoms with Gasteiger partial charge in [0, 0.05) is 12.7 Å². The summed E-state index contributed by atoms with van der Waals surface area (Å²) in [4.78, 5) is 11.5. The summed E-state index contributed by atoms with van der Waals surface area (Å²) in [6.07, 6.45) is 0.807. The molecule has 0 amide bonds. The lowest BCUT2D eigenvalue weighted by Gasteiger charge is -2.42. The second-order valence-electron chi connectivity index (χ2n) is 10.4. The standard InChI is InChI=1S/C20H46O7Si4/c1-12-24-20(21)19(2)18-23-16-15-22-14-13-17-31(25-28(3,4)5,26-29(6,7)8)27-30(9,10)11/h2,12-18H2,1,3-11H3. The van der Waals surface area contributed by atoms with Gasteiger partial charge < -0.3 is 26.6 Å². The lowest BCUT2D eigenvalue weighted by molar-refractivity contribution is -0.139. The van der Waals surface area contributed by atoms with Crippen molar-refractivity contribution in [2.75, 3.05) is 33.0 Å². The van der Waals surface area contributed by atoms with Crippen molar-refractivity contribution in [2.45, 2.75) is 78.3 Å². The summed E-state index contributed by atoms with van der Waals surface area (Å²) in [7, 11) is -8.37. The van der Waals surface area contributed by atoms with Crippen LogP contribution in [0.1, 0.15) is 13.3 Å². The van der Waals surface area contributed by atoms with Gasteiger partial charge in [-0.1, -0.05) is 6.58 Å². The van der Waals surface area contributed by atoms with Crippen LogP contribution in [0.15, 0.2) is 12.2 Å². The van der Waals surface area contributed by atoms with E-state index in [1.165, 1.54) is 0 Å². The fourth-order valence-corrected chi connectivity index (χ4v) is 17.3. The van der Waals surface area contributed by atoms with Crippen LogP contribution in [0.2, 0.25) is 65.0 Å². The molecule has 0 aliphatic heterocycles. The maximum Gasteiger partial charge on any atom is 0.469 e. The maximum atomic E-state index is 11.5. The average Bonchev–Trinajstić information content (AvgIpc) is 2.52. The smallest absolute Gasteiger partial charge is 0.463 e. The minimum atomic E-state index is -2.80. The fourth-order valence-electron chi connectivity index (χ4n) is 2.71. The molecule has 11 heteroatoms. The summed E-state index contributed by atoms with van der Waals surface area (Å²) in [6, 6.07) is 0.756. The highest BCUT2D eigenvalue weighted by atomic mass is 28.5. The monoisotopic (exact) mass is 510 g/mol. The van der Waals surface area contributed by atoms with Gasteiger partial charge in [0.1, 0.15) is 0 Å². The van der Waals surface area contributed by atoms with Gasteiger partial charge in [0.2, 0.25) is 0 Å². The molecule has 0 aliphatic rings. The van der Waals surface area contributed by atoms with Crippen LogP contribution in [-0.4, -0.2) is 72.8 Å². The van der Waals surface area contributed by atoms with Crippen molar-refractivity contribution in [1.82, 2.24) is 0 Å². The quantitative estimate of drug-likeness (QED) is 0.118. The van der Waals surface area contributed by atoms with Crippen LogP contribution in [0.5, 0.6) is 0 Å². The highest BCUT2D eigenvalue weighted by molar-refractivity contribution is 6.90. The predicted octanol–water partition coefficient (Wildman–Crippen LogP) is 5.02. The Labute approximate surface area is 194 Å². The Hall–Kier alpha value is -0.122. The molecule has 0 radical (unpaired) electrons. The molecule has 0 aliphatic carbocycles. The third kappa shape index (κ3) is 17.1. The molecule has 0 atom stereocenters. The molecule has 0 bridgehead atoms. The van der Waals surface area contributed by atoms with E-state index in [9.17, 15) is 4.79 Å². The van der Waals surface area contributed by atoms with Crippen molar-refractivity contribution in [3.8, 4) is 0 Å². The van der Waals surface area contributed by atoms with Gasteiger partial charge in [0.15, 0.2) is 25.0 Å². The summed E-state index contributed by atoms with van der Waals surface area (Å²) in [5.41, 5.74) is 0.313. The van der Waals surface area contributed by atoms with Gasteiger partial charge in [-0.25, -0.2) is 4.79 Å². The van der Waals surface area contributed by atoms with Gasteiger partial charge in [-0.3, -0.25) is 0 Å². The Morgan fingerprint density at radius 1 is 0.742 bits per heavy atom. The fraction of sp³-hybridized carbons (Fsp3) is 0.850. The van der Waals surface area contributed by atoms with Crippen LogP contribution in [0, 0.1) is 0 Å². The zero-order valence-corrected chi connectivity index (χ0v) is 25.5. The van der Waals surface area contributed by atoms with E-state index >= 15 is 0 Å². The van der Waals surface area contributed by atoms with Crippen LogP contribution >= 0.6 is 0 Å². The van der Waals surface area contributed by atoms with Crippen molar-refractivity contribution >= 4 is 39.7 Å².